The molecule has 7 heteroatoms. The first-order valence-electron chi connectivity index (χ1n) is 3.87. The minimum absolute atomic E-state index is 0.122. The van der Waals surface area contributed by atoms with Crippen molar-refractivity contribution in [3.8, 4) is 0 Å². The molecule has 0 aliphatic rings. The Morgan fingerprint density at radius 2 is 2.07 bits per heavy atom. The summed E-state index contributed by atoms with van der Waals surface area (Å²) in [4.78, 5) is 31.7. The molecule has 1 rings (SSSR count). The Hall–Kier alpha value is -2.05. The molecule has 1 aromatic rings. The lowest BCUT2D eigenvalue weighted by Gasteiger charge is -1.99. The minimum Gasteiger partial charge on any atom is -0.481 e. The number of carbonyl (C=O) groups is 2. The number of aromatic nitrogens is 2. The van der Waals surface area contributed by atoms with Gasteiger partial charge in [-0.25, -0.2) is 0 Å². The first kappa shape index (κ1) is 10.0. The van der Waals surface area contributed by atoms with Crippen molar-refractivity contribution in [2.24, 2.45) is 0 Å². The molecule has 0 aromatic carbocycles. The number of hydrogen-bond acceptors (Lipinski definition) is 3. The maximum absolute atomic E-state index is 11.0. The SMILES string of the molecule is O=C(O)CCC(=O)Nc1cc(=O)[nH][nH]1. The summed E-state index contributed by atoms with van der Waals surface area (Å²) in [5.74, 6) is -1.27. The Morgan fingerprint density at radius 1 is 1.36 bits per heavy atom. The van der Waals surface area contributed by atoms with Crippen LogP contribution in [-0.4, -0.2) is 27.2 Å². The molecule has 0 aliphatic heterocycles. The molecule has 14 heavy (non-hydrogen) atoms. The van der Waals surface area contributed by atoms with Gasteiger partial charge in [0.1, 0.15) is 5.82 Å². The van der Waals surface area contributed by atoms with Crippen LogP contribution in [0, 0.1) is 0 Å². The van der Waals surface area contributed by atoms with Gasteiger partial charge in [-0.1, -0.05) is 0 Å². The molecule has 0 saturated carbocycles. The zero-order chi connectivity index (χ0) is 10.6. The van der Waals surface area contributed by atoms with Crippen molar-refractivity contribution in [3.05, 3.63) is 16.4 Å². The number of nitrogens with one attached hydrogen (secondary N) is 3. The van der Waals surface area contributed by atoms with Gasteiger partial charge in [-0.05, 0) is 0 Å². The first-order chi connectivity index (χ1) is 6.58. The fourth-order valence-electron chi connectivity index (χ4n) is 0.833. The highest BCUT2D eigenvalue weighted by atomic mass is 16.4. The molecule has 0 radical (unpaired) electrons. The zero-order valence-electron chi connectivity index (χ0n) is 7.16. The number of rotatable bonds is 4. The summed E-state index contributed by atoms with van der Waals surface area (Å²) in [6.07, 6.45) is -0.358. The van der Waals surface area contributed by atoms with Gasteiger partial charge in [0, 0.05) is 12.5 Å². The van der Waals surface area contributed by atoms with Crippen molar-refractivity contribution in [1.82, 2.24) is 10.2 Å². The number of hydrogen-bond donors (Lipinski definition) is 4. The summed E-state index contributed by atoms with van der Waals surface area (Å²) in [7, 11) is 0. The highest BCUT2D eigenvalue weighted by molar-refractivity contribution is 5.91. The van der Waals surface area contributed by atoms with Gasteiger partial charge < -0.3 is 10.4 Å². The van der Waals surface area contributed by atoms with Gasteiger partial charge in [-0.2, -0.15) is 0 Å². The fourth-order valence-corrected chi connectivity index (χ4v) is 0.833. The number of carbonyl (C=O) groups excluding carboxylic acids is 1. The van der Waals surface area contributed by atoms with Crippen LogP contribution in [0.2, 0.25) is 0 Å². The highest BCUT2D eigenvalue weighted by Gasteiger charge is 2.06. The number of carboxylic acids is 1. The molecule has 4 N–H and O–H groups in total. The average Bonchev–Trinajstić information content (AvgIpc) is 2.48. The van der Waals surface area contributed by atoms with Crippen LogP contribution in [0.15, 0.2) is 10.9 Å². The summed E-state index contributed by atoms with van der Waals surface area (Å²) in [6.45, 7) is 0. The molecule has 0 atom stereocenters. The van der Waals surface area contributed by atoms with E-state index in [9.17, 15) is 14.4 Å². The smallest absolute Gasteiger partial charge is 0.303 e. The van der Waals surface area contributed by atoms with E-state index in [0.717, 1.165) is 0 Å². The summed E-state index contributed by atoms with van der Waals surface area (Å²) in [5.41, 5.74) is -0.362. The Morgan fingerprint density at radius 3 is 2.57 bits per heavy atom. The molecule has 0 aliphatic carbocycles. The van der Waals surface area contributed by atoms with E-state index in [1.165, 1.54) is 6.07 Å². The second kappa shape index (κ2) is 4.26. The van der Waals surface area contributed by atoms with Crippen molar-refractivity contribution >= 4 is 17.7 Å². The fraction of sp³-hybridized carbons (Fsp3) is 0.286. The van der Waals surface area contributed by atoms with Gasteiger partial charge in [0.15, 0.2) is 0 Å². The number of amides is 1. The van der Waals surface area contributed by atoms with E-state index in [1.807, 2.05) is 0 Å². The van der Waals surface area contributed by atoms with Crippen molar-refractivity contribution in [1.29, 1.82) is 0 Å². The standard InChI is InChI=1S/C7H9N3O4/c11-5(1-2-7(13)14)8-4-3-6(12)10-9-4/h3H,1-2H2,(H,13,14)(H3,8,9,10,11,12). The van der Waals surface area contributed by atoms with E-state index in [4.69, 9.17) is 5.11 Å². The summed E-state index contributed by atoms with van der Waals surface area (Å²) >= 11 is 0. The number of aliphatic carboxylic acids is 1. The van der Waals surface area contributed by atoms with Crippen molar-refractivity contribution in [2.45, 2.75) is 12.8 Å². The van der Waals surface area contributed by atoms with E-state index in [0.29, 0.717) is 0 Å². The quantitative estimate of drug-likeness (QED) is 0.523. The van der Waals surface area contributed by atoms with Crippen LogP contribution in [0.25, 0.3) is 0 Å². The van der Waals surface area contributed by atoms with E-state index in [2.05, 4.69) is 15.5 Å². The lowest BCUT2D eigenvalue weighted by molar-refractivity contribution is -0.138. The Kier molecular flexibility index (Phi) is 3.05. The number of carboxylic acid groups (broad SMARTS) is 1. The minimum atomic E-state index is -1.04. The summed E-state index contributed by atoms with van der Waals surface area (Å²) in [5, 5.41) is 15.3. The molecule has 1 amide bonds. The van der Waals surface area contributed by atoms with E-state index >= 15 is 0 Å². The number of aromatic amines is 2. The van der Waals surface area contributed by atoms with Crippen molar-refractivity contribution < 1.29 is 14.7 Å². The van der Waals surface area contributed by atoms with Crippen molar-refractivity contribution in [2.75, 3.05) is 5.32 Å². The van der Waals surface area contributed by atoms with Gasteiger partial charge in [-0.3, -0.25) is 24.6 Å². The van der Waals surface area contributed by atoms with Crippen LogP contribution < -0.4 is 10.9 Å². The molecule has 0 saturated heterocycles. The third kappa shape index (κ3) is 3.13. The third-order valence-corrected chi connectivity index (χ3v) is 1.44. The second-order valence-electron chi connectivity index (χ2n) is 2.61. The molecule has 1 aromatic heterocycles. The Bertz CT molecular complexity index is 392. The molecule has 7 nitrogen and oxygen atoms in total. The molecular weight excluding hydrogens is 190 g/mol. The van der Waals surface area contributed by atoms with Crippen LogP contribution in [0.1, 0.15) is 12.8 Å². The van der Waals surface area contributed by atoms with Crippen molar-refractivity contribution in [3.63, 3.8) is 0 Å². The largest absolute Gasteiger partial charge is 0.481 e. The lowest BCUT2D eigenvalue weighted by Crippen LogP contribution is -2.13. The van der Waals surface area contributed by atoms with Gasteiger partial charge in [0.25, 0.3) is 5.56 Å². The molecule has 76 valence electrons. The maximum Gasteiger partial charge on any atom is 0.303 e. The van der Waals surface area contributed by atoms with Crippen LogP contribution in [0.4, 0.5) is 5.82 Å². The summed E-state index contributed by atoms with van der Waals surface area (Å²) in [6, 6.07) is 1.17. The van der Waals surface area contributed by atoms with Gasteiger partial charge in [0.05, 0.1) is 6.42 Å². The third-order valence-electron chi connectivity index (χ3n) is 1.44. The topological polar surface area (TPSA) is 115 Å². The van der Waals surface area contributed by atoms with E-state index in [-0.39, 0.29) is 24.2 Å². The van der Waals surface area contributed by atoms with Crippen LogP contribution >= 0.6 is 0 Å². The first-order valence-corrected chi connectivity index (χ1v) is 3.87. The monoisotopic (exact) mass is 199 g/mol. The molecule has 0 bridgehead atoms. The Labute approximate surface area is 78.1 Å². The molecule has 0 spiro atoms. The average molecular weight is 199 g/mol. The van der Waals surface area contributed by atoms with Gasteiger partial charge >= 0.3 is 5.97 Å². The van der Waals surface area contributed by atoms with Gasteiger partial charge in [-0.15, -0.1) is 0 Å². The number of H-pyrrole nitrogens is 2. The number of anilines is 1. The van der Waals surface area contributed by atoms with Crippen LogP contribution in [0.5, 0.6) is 0 Å². The van der Waals surface area contributed by atoms with E-state index in [1.54, 1.807) is 0 Å². The second-order valence-corrected chi connectivity index (χ2v) is 2.61. The van der Waals surface area contributed by atoms with Crippen LogP contribution in [0.3, 0.4) is 0 Å². The summed E-state index contributed by atoms with van der Waals surface area (Å²) < 4.78 is 0. The predicted molar refractivity (Wildman–Crippen MR) is 46.9 cm³/mol. The van der Waals surface area contributed by atoms with Gasteiger partial charge in [0.2, 0.25) is 5.91 Å². The lowest BCUT2D eigenvalue weighted by atomic mass is 10.3. The molecular formula is C7H9N3O4. The molecule has 1 heterocycles. The zero-order valence-corrected chi connectivity index (χ0v) is 7.16. The van der Waals surface area contributed by atoms with E-state index < -0.39 is 11.9 Å². The molecule has 0 unspecified atom stereocenters. The normalized spacial score (nSPS) is 9.71. The van der Waals surface area contributed by atoms with Crippen LogP contribution in [-0.2, 0) is 9.59 Å². The Balaban J connectivity index is 2.41. The highest BCUT2D eigenvalue weighted by Crippen LogP contribution is 1.98. The molecule has 0 fully saturated rings. The maximum atomic E-state index is 11.0. The predicted octanol–water partition coefficient (Wildman–Crippen LogP) is -0.494.